The summed E-state index contributed by atoms with van der Waals surface area (Å²) in [4.78, 5) is 15.2. The van der Waals surface area contributed by atoms with Crippen molar-refractivity contribution in [1.29, 1.82) is 0 Å². The molecule has 12 rings (SSSR count). The number of hydrogen-bond donors (Lipinski definition) is 0. The Balaban J connectivity index is 1.03. The van der Waals surface area contributed by atoms with Gasteiger partial charge >= 0.3 is 0 Å². The number of thiophene rings is 2. The van der Waals surface area contributed by atoms with Gasteiger partial charge in [0.1, 0.15) is 0 Å². The van der Waals surface area contributed by atoms with Crippen LogP contribution in [0.25, 0.3) is 113 Å². The minimum atomic E-state index is 0.662. The van der Waals surface area contributed by atoms with Crippen LogP contribution in [0.2, 0.25) is 0 Å². The van der Waals surface area contributed by atoms with Crippen molar-refractivity contribution >= 4 is 84.8 Å². The topological polar surface area (TPSA) is 43.6 Å². The maximum absolute atomic E-state index is 5.11. The highest BCUT2D eigenvalue weighted by atomic mass is 32.1. The van der Waals surface area contributed by atoms with Crippen LogP contribution in [0.3, 0.4) is 0 Å². The first kappa shape index (κ1) is 32.3. The summed E-state index contributed by atoms with van der Waals surface area (Å²) in [6.45, 7) is 0. The molecule has 0 fully saturated rings. The van der Waals surface area contributed by atoms with Crippen LogP contribution in [0.5, 0.6) is 0 Å². The summed E-state index contributed by atoms with van der Waals surface area (Å²) in [6.07, 6.45) is 0. The lowest BCUT2D eigenvalue weighted by molar-refractivity contribution is 1.08. The van der Waals surface area contributed by atoms with E-state index in [1.54, 1.807) is 0 Å². The van der Waals surface area contributed by atoms with Gasteiger partial charge in [0.25, 0.3) is 0 Å². The van der Waals surface area contributed by atoms with Crippen molar-refractivity contribution < 1.29 is 0 Å². The monoisotopic (exact) mass is 762 g/mol. The number of rotatable bonds is 5. The van der Waals surface area contributed by atoms with Crippen LogP contribution in [-0.4, -0.2) is 19.5 Å². The maximum atomic E-state index is 5.11. The van der Waals surface area contributed by atoms with Crippen LogP contribution in [-0.2, 0) is 0 Å². The molecule has 4 aromatic heterocycles. The molecule has 0 atom stereocenters. The van der Waals surface area contributed by atoms with Gasteiger partial charge in [0.2, 0.25) is 0 Å². The normalized spacial score (nSPS) is 11.9. The molecule has 6 heteroatoms. The fraction of sp³-hybridized carbons (Fsp3) is 0. The highest BCUT2D eigenvalue weighted by Crippen LogP contribution is 2.46. The highest BCUT2D eigenvalue weighted by Gasteiger charge is 2.20. The van der Waals surface area contributed by atoms with Gasteiger partial charge in [-0.15, -0.1) is 22.7 Å². The maximum Gasteiger partial charge on any atom is 0.164 e. The molecule has 0 aliphatic rings. The number of benzene rings is 8. The third kappa shape index (κ3) is 5.08. The molecule has 0 saturated heterocycles. The van der Waals surface area contributed by atoms with Gasteiger partial charge in [0.05, 0.1) is 16.7 Å². The Morgan fingerprint density at radius 3 is 1.61 bits per heavy atom. The third-order valence-electron chi connectivity index (χ3n) is 11.1. The van der Waals surface area contributed by atoms with E-state index in [2.05, 4.69) is 150 Å². The van der Waals surface area contributed by atoms with E-state index >= 15 is 0 Å². The second-order valence-corrected chi connectivity index (χ2v) is 16.5. The first-order valence-corrected chi connectivity index (χ1v) is 20.7. The SMILES string of the molecule is c1ccc(-c2nc(-c3ccccc3)nc(-c3cccc4sc5c(-c6ccc7c(c6)sc6cccc(-n8c9ccccc9c9ccccc98)c67)cccc5c34)n2)cc1. The smallest absolute Gasteiger partial charge is 0.164 e. The number of fused-ring (bicyclic) bond motifs is 9. The van der Waals surface area contributed by atoms with Gasteiger partial charge in [-0.1, -0.05) is 146 Å². The fourth-order valence-corrected chi connectivity index (χ4v) is 11.0. The van der Waals surface area contributed by atoms with Crippen molar-refractivity contribution in [2.24, 2.45) is 0 Å². The zero-order chi connectivity index (χ0) is 37.5. The summed E-state index contributed by atoms with van der Waals surface area (Å²) in [6, 6.07) is 64.8. The zero-order valence-electron chi connectivity index (χ0n) is 30.4. The Morgan fingerprint density at radius 2 is 0.912 bits per heavy atom. The summed E-state index contributed by atoms with van der Waals surface area (Å²) in [5.74, 6) is 1.99. The lowest BCUT2D eigenvalue weighted by Crippen LogP contribution is -2.00. The minimum Gasteiger partial charge on any atom is -0.309 e. The molecule has 8 aromatic carbocycles. The van der Waals surface area contributed by atoms with E-state index in [1.807, 2.05) is 59.1 Å². The highest BCUT2D eigenvalue weighted by molar-refractivity contribution is 7.26. The van der Waals surface area contributed by atoms with Crippen LogP contribution in [0.1, 0.15) is 0 Å². The molecule has 0 saturated carbocycles. The molecule has 12 aromatic rings. The molecule has 0 N–H and O–H groups in total. The molecule has 266 valence electrons. The van der Waals surface area contributed by atoms with Crippen molar-refractivity contribution in [3.8, 4) is 51.0 Å². The van der Waals surface area contributed by atoms with Gasteiger partial charge in [-0.05, 0) is 47.5 Å². The van der Waals surface area contributed by atoms with Crippen molar-refractivity contribution in [3.05, 3.63) is 182 Å². The molecule has 0 unspecified atom stereocenters. The second-order valence-electron chi connectivity index (χ2n) is 14.3. The van der Waals surface area contributed by atoms with Crippen LogP contribution in [0, 0.1) is 0 Å². The average Bonchev–Trinajstić information content (AvgIpc) is 3.96. The number of hydrogen-bond acceptors (Lipinski definition) is 5. The van der Waals surface area contributed by atoms with Crippen molar-refractivity contribution in [2.45, 2.75) is 0 Å². The van der Waals surface area contributed by atoms with Crippen molar-refractivity contribution in [2.75, 3.05) is 0 Å². The molecule has 0 radical (unpaired) electrons. The quantitative estimate of drug-likeness (QED) is 0.175. The first-order chi connectivity index (χ1) is 28.3. The van der Waals surface area contributed by atoms with E-state index in [1.165, 1.54) is 79.0 Å². The van der Waals surface area contributed by atoms with Crippen LogP contribution in [0.15, 0.2) is 182 Å². The number of nitrogens with zero attached hydrogens (tertiary/aromatic N) is 4. The number of para-hydroxylation sites is 2. The van der Waals surface area contributed by atoms with Gasteiger partial charge in [-0.25, -0.2) is 15.0 Å². The van der Waals surface area contributed by atoms with Gasteiger partial charge in [0, 0.05) is 67.8 Å². The van der Waals surface area contributed by atoms with Gasteiger partial charge in [-0.2, -0.15) is 0 Å². The van der Waals surface area contributed by atoms with Crippen LogP contribution < -0.4 is 0 Å². The minimum absolute atomic E-state index is 0.662. The lowest BCUT2D eigenvalue weighted by atomic mass is 9.99. The molecule has 57 heavy (non-hydrogen) atoms. The molecule has 0 aliphatic heterocycles. The van der Waals surface area contributed by atoms with Crippen molar-refractivity contribution in [3.63, 3.8) is 0 Å². The Hall–Kier alpha value is -6.99. The fourth-order valence-electron chi connectivity index (χ4n) is 8.53. The Bertz CT molecular complexity index is 3410. The number of aromatic nitrogens is 4. The first-order valence-electron chi connectivity index (χ1n) is 19.0. The lowest BCUT2D eigenvalue weighted by Gasteiger charge is -2.10. The van der Waals surface area contributed by atoms with E-state index in [-0.39, 0.29) is 0 Å². The molecule has 0 aliphatic carbocycles. The molecule has 0 bridgehead atoms. The summed E-state index contributed by atoms with van der Waals surface area (Å²) < 4.78 is 7.47. The third-order valence-corrected chi connectivity index (χ3v) is 13.4. The van der Waals surface area contributed by atoms with E-state index in [9.17, 15) is 0 Å². The second kappa shape index (κ2) is 12.8. The molecule has 0 amide bonds. The van der Waals surface area contributed by atoms with E-state index < -0.39 is 0 Å². The van der Waals surface area contributed by atoms with Gasteiger partial charge in [0.15, 0.2) is 17.5 Å². The average molecular weight is 763 g/mol. The predicted octanol–water partition coefficient (Wildman–Crippen LogP) is 14.4. The van der Waals surface area contributed by atoms with E-state index in [0.29, 0.717) is 17.5 Å². The molecule has 4 nitrogen and oxygen atoms in total. The standard InChI is InChI=1S/C51H30N4S2/c1-3-14-31(15-4-1)49-52-50(32-16-5-2-6-17-32)54-51(53-49)39-22-12-26-43-46(39)38-21-11-20-34(48(38)57-43)33-28-29-37-45(30-33)56-44-27-13-25-42(47(37)44)55-40-23-9-7-18-35(40)36-19-8-10-24-41(36)55/h1-30H. The molecule has 4 heterocycles. The zero-order valence-corrected chi connectivity index (χ0v) is 32.1. The Kier molecular flexibility index (Phi) is 7.24. The Morgan fingerprint density at radius 1 is 0.351 bits per heavy atom. The van der Waals surface area contributed by atoms with Crippen LogP contribution in [0.4, 0.5) is 0 Å². The molecular formula is C51H30N4S2. The molecule has 0 spiro atoms. The van der Waals surface area contributed by atoms with Crippen molar-refractivity contribution in [1.82, 2.24) is 19.5 Å². The van der Waals surface area contributed by atoms with Gasteiger partial charge in [-0.3, -0.25) is 0 Å². The summed E-state index contributed by atoms with van der Waals surface area (Å²) in [5, 5.41) is 7.49. The van der Waals surface area contributed by atoms with Gasteiger partial charge < -0.3 is 4.57 Å². The predicted molar refractivity (Wildman–Crippen MR) is 242 cm³/mol. The largest absolute Gasteiger partial charge is 0.309 e. The van der Waals surface area contributed by atoms with E-state index in [0.717, 1.165) is 16.7 Å². The van der Waals surface area contributed by atoms with E-state index in [4.69, 9.17) is 15.0 Å². The van der Waals surface area contributed by atoms with Crippen LogP contribution >= 0.6 is 22.7 Å². The Labute approximate surface area is 335 Å². The summed E-state index contributed by atoms with van der Waals surface area (Å²) >= 11 is 3.70. The summed E-state index contributed by atoms with van der Waals surface area (Å²) in [5.41, 5.74) is 9.03. The molecular weight excluding hydrogens is 733 g/mol. The summed E-state index contributed by atoms with van der Waals surface area (Å²) in [7, 11) is 0.